The molecule has 0 heterocycles. The SMILES string of the molecule is CC1CC[CH-]CC1.[Cl-].[Mg+2]. The standard InChI is InChI=1S/C7H13.ClH.Mg/c1-7-5-3-2-4-6-7;;/h2,7H,3-6H2,1H3;1H;/q-1;;+2/p-1. The van der Waals surface area contributed by atoms with E-state index in [1.165, 1.54) is 25.7 Å². The molecule has 1 rings (SSSR count). The maximum atomic E-state index is 2.40. The smallest absolute Gasteiger partial charge is 1.00 e. The molecule has 0 N–H and O–H groups in total. The first-order valence-corrected chi connectivity index (χ1v) is 3.21. The summed E-state index contributed by atoms with van der Waals surface area (Å²) in [6, 6.07) is 0. The monoisotopic (exact) mass is 156 g/mol. The Bertz CT molecular complexity index is 50.9. The molecule has 2 heteroatoms. The molecule has 0 saturated heterocycles. The van der Waals surface area contributed by atoms with Gasteiger partial charge in [0.2, 0.25) is 0 Å². The van der Waals surface area contributed by atoms with E-state index in [9.17, 15) is 0 Å². The van der Waals surface area contributed by atoms with Gasteiger partial charge >= 0.3 is 23.1 Å². The molecule has 0 aromatic heterocycles. The molecule has 1 fully saturated rings. The predicted octanol–water partition coefficient (Wildman–Crippen LogP) is -0.976. The fraction of sp³-hybridized carbons (Fsp3) is 0.857. The van der Waals surface area contributed by atoms with Crippen LogP contribution in [-0.4, -0.2) is 23.1 Å². The van der Waals surface area contributed by atoms with Gasteiger partial charge in [0.15, 0.2) is 0 Å². The van der Waals surface area contributed by atoms with Gasteiger partial charge in [-0.1, -0.05) is 19.8 Å². The third-order valence-corrected chi connectivity index (χ3v) is 1.73. The molecule has 0 radical (unpaired) electrons. The Hall–Kier alpha value is 1.06. The molecule has 1 aliphatic carbocycles. The van der Waals surface area contributed by atoms with Crippen molar-refractivity contribution in [3.05, 3.63) is 6.42 Å². The normalized spacial score (nSPS) is 19.7. The van der Waals surface area contributed by atoms with Crippen LogP contribution in [0.2, 0.25) is 0 Å². The van der Waals surface area contributed by atoms with Crippen molar-refractivity contribution in [2.24, 2.45) is 5.92 Å². The van der Waals surface area contributed by atoms with Gasteiger partial charge in [-0.25, -0.2) is 0 Å². The van der Waals surface area contributed by atoms with Gasteiger partial charge in [0.05, 0.1) is 0 Å². The Labute approximate surface area is 80.3 Å². The maximum Gasteiger partial charge on any atom is 2.00 e. The van der Waals surface area contributed by atoms with Crippen molar-refractivity contribution >= 4 is 23.1 Å². The average molecular weight is 157 g/mol. The molecule has 50 valence electrons. The van der Waals surface area contributed by atoms with E-state index in [0.29, 0.717) is 0 Å². The molecule has 9 heavy (non-hydrogen) atoms. The van der Waals surface area contributed by atoms with Gasteiger partial charge in [-0.2, -0.15) is 12.8 Å². The van der Waals surface area contributed by atoms with Gasteiger partial charge < -0.3 is 18.8 Å². The quantitative estimate of drug-likeness (QED) is 0.313. The molecule has 1 aliphatic rings. The van der Waals surface area contributed by atoms with Crippen LogP contribution in [0.3, 0.4) is 0 Å². The Balaban J connectivity index is 0. The molecular formula is C7H13ClMg. The Kier molecular flexibility index (Phi) is 10.1. The zero-order valence-electron chi connectivity index (χ0n) is 6.07. The van der Waals surface area contributed by atoms with Gasteiger partial charge in [-0.15, -0.1) is 0 Å². The van der Waals surface area contributed by atoms with Crippen LogP contribution in [0.25, 0.3) is 0 Å². The second-order valence-corrected chi connectivity index (χ2v) is 2.55. The van der Waals surface area contributed by atoms with Gasteiger partial charge in [0.1, 0.15) is 0 Å². The first kappa shape index (κ1) is 12.7. The van der Waals surface area contributed by atoms with E-state index in [1.54, 1.807) is 0 Å². The molecule has 0 amide bonds. The van der Waals surface area contributed by atoms with Crippen molar-refractivity contribution in [1.29, 1.82) is 0 Å². The van der Waals surface area contributed by atoms with Crippen molar-refractivity contribution in [3.63, 3.8) is 0 Å². The summed E-state index contributed by atoms with van der Waals surface area (Å²) < 4.78 is 0. The van der Waals surface area contributed by atoms with Crippen LogP contribution in [0.1, 0.15) is 32.6 Å². The summed E-state index contributed by atoms with van der Waals surface area (Å²) in [4.78, 5) is 0. The molecule has 0 unspecified atom stereocenters. The van der Waals surface area contributed by atoms with Crippen LogP contribution in [-0.2, 0) is 0 Å². The maximum absolute atomic E-state index is 2.40. The minimum Gasteiger partial charge on any atom is -1.00 e. The van der Waals surface area contributed by atoms with E-state index in [-0.39, 0.29) is 35.5 Å². The second kappa shape index (κ2) is 7.17. The molecule has 0 nitrogen and oxygen atoms in total. The largest absolute Gasteiger partial charge is 2.00 e. The average Bonchev–Trinajstić information content (AvgIpc) is 1.69. The van der Waals surface area contributed by atoms with Crippen molar-refractivity contribution in [2.45, 2.75) is 32.6 Å². The molecular weight excluding hydrogens is 144 g/mol. The van der Waals surface area contributed by atoms with E-state index in [4.69, 9.17) is 0 Å². The summed E-state index contributed by atoms with van der Waals surface area (Å²) in [5.41, 5.74) is 0. The third-order valence-electron chi connectivity index (χ3n) is 1.73. The van der Waals surface area contributed by atoms with Crippen molar-refractivity contribution in [3.8, 4) is 0 Å². The summed E-state index contributed by atoms with van der Waals surface area (Å²) in [6.07, 6.45) is 7.99. The summed E-state index contributed by atoms with van der Waals surface area (Å²) >= 11 is 0. The van der Waals surface area contributed by atoms with Crippen molar-refractivity contribution in [1.82, 2.24) is 0 Å². The summed E-state index contributed by atoms with van der Waals surface area (Å²) in [7, 11) is 0. The summed E-state index contributed by atoms with van der Waals surface area (Å²) in [5.74, 6) is 1.00. The molecule has 0 aliphatic heterocycles. The molecule has 0 atom stereocenters. The fourth-order valence-electron chi connectivity index (χ4n) is 1.09. The van der Waals surface area contributed by atoms with Crippen LogP contribution in [0, 0.1) is 12.3 Å². The third kappa shape index (κ3) is 5.50. The van der Waals surface area contributed by atoms with Gasteiger partial charge in [-0.3, -0.25) is 0 Å². The van der Waals surface area contributed by atoms with Crippen LogP contribution >= 0.6 is 0 Å². The fourth-order valence-corrected chi connectivity index (χ4v) is 1.09. The van der Waals surface area contributed by atoms with Gasteiger partial charge in [0, 0.05) is 0 Å². The second-order valence-electron chi connectivity index (χ2n) is 2.55. The minimum atomic E-state index is 0. The first-order valence-electron chi connectivity index (χ1n) is 3.21. The van der Waals surface area contributed by atoms with Crippen LogP contribution in [0.4, 0.5) is 0 Å². The topological polar surface area (TPSA) is 0 Å². The predicted molar refractivity (Wildman–Crippen MR) is 37.7 cm³/mol. The van der Waals surface area contributed by atoms with E-state index < -0.39 is 0 Å². The van der Waals surface area contributed by atoms with Crippen LogP contribution in [0.15, 0.2) is 0 Å². The van der Waals surface area contributed by atoms with E-state index >= 15 is 0 Å². The molecule has 0 aromatic carbocycles. The zero-order valence-corrected chi connectivity index (χ0v) is 8.24. The number of hydrogen-bond acceptors (Lipinski definition) is 0. The Morgan fingerprint density at radius 3 is 1.89 bits per heavy atom. The van der Waals surface area contributed by atoms with E-state index in [1.807, 2.05) is 0 Å². The molecule has 0 spiro atoms. The minimum absolute atomic E-state index is 0. The summed E-state index contributed by atoms with van der Waals surface area (Å²) in [6.45, 7) is 2.34. The first-order chi connectivity index (χ1) is 3.39. The van der Waals surface area contributed by atoms with Crippen LogP contribution in [0.5, 0.6) is 0 Å². The number of rotatable bonds is 0. The van der Waals surface area contributed by atoms with Gasteiger partial charge in [-0.05, 0) is 5.92 Å². The van der Waals surface area contributed by atoms with Crippen molar-refractivity contribution < 1.29 is 12.4 Å². The van der Waals surface area contributed by atoms with E-state index in [2.05, 4.69) is 13.3 Å². The zero-order chi connectivity index (χ0) is 5.11. The van der Waals surface area contributed by atoms with E-state index in [0.717, 1.165) is 5.92 Å². The Morgan fingerprint density at radius 2 is 1.67 bits per heavy atom. The molecule has 0 bridgehead atoms. The summed E-state index contributed by atoms with van der Waals surface area (Å²) in [5, 5.41) is 0. The molecule has 0 aromatic rings. The molecule has 1 saturated carbocycles. The number of halogens is 1. The Morgan fingerprint density at radius 1 is 1.22 bits per heavy atom. The van der Waals surface area contributed by atoms with Crippen molar-refractivity contribution in [2.75, 3.05) is 0 Å². The number of hydrogen-bond donors (Lipinski definition) is 0. The van der Waals surface area contributed by atoms with Gasteiger partial charge in [0.25, 0.3) is 0 Å². The van der Waals surface area contributed by atoms with Crippen LogP contribution < -0.4 is 12.4 Å².